The number of benzene rings is 2. The predicted octanol–water partition coefficient (Wildman–Crippen LogP) is 4.37. The van der Waals surface area contributed by atoms with Gasteiger partial charge in [-0.2, -0.15) is 13.0 Å². The summed E-state index contributed by atoms with van der Waals surface area (Å²) in [4.78, 5) is 17.5. The van der Waals surface area contributed by atoms with Gasteiger partial charge in [0, 0.05) is 44.5 Å². The molecule has 117 valence electrons. The molecule has 3 rings (SSSR count). The van der Waals surface area contributed by atoms with E-state index in [9.17, 15) is 0 Å². The minimum absolute atomic E-state index is 0. The summed E-state index contributed by atoms with van der Waals surface area (Å²) in [6.07, 6.45) is 4.74. The molecule has 3 aromatic rings. The van der Waals surface area contributed by atoms with Crippen LogP contribution >= 0.6 is 0 Å². The van der Waals surface area contributed by atoms with Gasteiger partial charge in [-0.05, 0) is 17.0 Å². The van der Waals surface area contributed by atoms with Gasteiger partial charge in [0.05, 0.1) is 5.69 Å². The van der Waals surface area contributed by atoms with E-state index in [0.29, 0.717) is 5.82 Å². The maximum absolute atomic E-state index is 8.68. The van der Waals surface area contributed by atoms with Crippen molar-refractivity contribution in [1.82, 2.24) is 9.97 Å². The fraction of sp³-hybridized carbons (Fsp3) is 0.0500. The number of aromatic nitrogens is 2. The smallest absolute Gasteiger partial charge is 0.0607 e. The number of carbonyl (C=O) groups excluding carboxylic acids is 1. The van der Waals surface area contributed by atoms with Crippen molar-refractivity contribution in [3.8, 4) is 22.4 Å². The average molecular weight is 389 g/mol. The van der Waals surface area contributed by atoms with Crippen LogP contribution in [0.1, 0.15) is 12.7 Å². The van der Waals surface area contributed by atoms with Crippen LogP contribution in [0.3, 0.4) is 0 Å². The summed E-state index contributed by atoms with van der Waals surface area (Å²) in [5, 5.41) is 0. The molecule has 0 saturated carbocycles. The third kappa shape index (κ3) is 5.29. The minimum Gasteiger partial charge on any atom is -0.542 e. The van der Waals surface area contributed by atoms with E-state index in [1.165, 1.54) is 19.3 Å². The summed E-state index contributed by atoms with van der Waals surface area (Å²) >= 11 is 0. The van der Waals surface area contributed by atoms with Crippen LogP contribution in [0.4, 0.5) is 0 Å². The van der Waals surface area contributed by atoms with E-state index in [1.807, 2.05) is 54.7 Å². The zero-order valence-corrected chi connectivity index (χ0v) is 16.2. The van der Waals surface area contributed by atoms with Crippen molar-refractivity contribution in [1.29, 1.82) is 0 Å². The van der Waals surface area contributed by atoms with Gasteiger partial charge >= 0.3 is 0 Å². The molecule has 0 aliphatic rings. The van der Waals surface area contributed by atoms with Gasteiger partial charge in [0.15, 0.2) is 0 Å². The van der Waals surface area contributed by atoms with Crippen molar-refractivity contribution < 1.29 is 37.5 Å². The quantitative estimate of drug-likeness (QED) is 0.625. The standard InChI is InChI=1S/C18H13N2.C2H3O.Y/c1-2-17-19-13-16(14-9-5-3-6-10-14)18(20-17)15-11-7-4-8-12-15;1-2-3;/h1-13H;1H3;/q2*-1;. The average Bonchev–Trinajstić information content (AvgIpc) is 2.63. The van der Waals surface area contributed by atoms with Crippen molar-refractivity contribution in [3.63, 3.8) is 0 Å². The molecular formula is C20H16N2OY-2. The zero-order valence-electron chi connectivity index (χ0n) is 13.4. The normalized spacial score (nSPS) is 9.04. The minimum atomic E-state index is 0. The summed E-state index contributed by atoms with van der Waals surface area (Å²) in [7, 11) is 0. The molecule has 2 aromatic carbocycles. The van der Waals surface area contributed by atoms with Gasteiger partial charge in [-0.3, -0.25) is 12.9 Å². The first-order valence-corrected chi connectivity index (χ1v) is 7.12. The molecule has 0 amide bonds. The maximum Gasteiger partial charge on any atom is 0.0607 e. The fourth-order valence-electron chi connectivity index (χ4n) is 2.12. The maximum atomic E-state index is 8.68. The van der Waals surface area contributed by atoms with Gasteiger partial charge < -0.3 is 14.8 Å². The van der Waals surface area contributed by atoms with Crippen molar-refractivity contribution in [2.75, 3.05) is 0 Å². The molecule has 0 unspecified atom stereocenters. The number of nitrogens with zero attached hydrogens (tertiary/aromatic N) is 2. The van der Waals surface area contributed by atoms with Gasteiger partial charge in [-0.25, -0.2) is 0 Å². The molecule has 0 bridgehead atoms. The summed E-state index contributed by atoms with van der Waals surface area (Å²) in [5.41, 5.74) is 4.04. The first-order chi connectivity index (χ1) is 11.3. The van der Waals surface area contributed by atoms with Crippen LogP contribution in [0, 0.1) is 6.58 Å². The first-order valence-electron chi connectivity index (χ1n) is 7.12. The van der Waals surface area contributed by atoms with Gasteiger partial charge in [-0.1, -0.05) is 60.7 Å². The van der Waals surface area contributed by atoms with Gasteiger partial charge in [-0.15, -0.1) is 0 Å². The molecular weight excluding hydrogens is 373 g/mol. The molecule has 4 heteroatoms. The van der Waals surface area contributed by atoms with Crippen LogP contribution in [0.25, 0.3) is 28.5 Å². The Hall–Kier alpha value is -1.97. The molecule has 1 heterocycles. The third-order valence-corrected chi connectivity index (χ3v) is 3.09. The van der Waals surface area contributed by atoms with Crippen molar-refractivity contribution >= 4 is 12.4 Å². The predicted molar refractivity (Wildman–Crippen MR) is 93.0 cm³/mol. The summed E-state index contributed by atoms with van der Waals surface area (Å²) in [5.74, 6) is 0.531. The van der Waals surface area contributed by atoms with E-state index in [2.05, 4.69) is 22.1 Å². The Morgan fingerprint density at radius 2 is 1.46 bits per heavy atom. The van der Waals surface area contributed by atoms with Gasteiger partial charge in [0.2, 0.25) is 0 Å². The molecule has 1 radical (unpaired) electrons. The topological polar surface area (TPSA) is 42.9 Å². The van der Waals surface area contributed by atoms with Crippen LogP contribution in [0.5, 0.6) is 0 Å². The SMILES string of the molecule is C[C-]=O.[CH-]=Cc1ncc(-c2ccccc2)c(-c2ccccc2)n1.[Y]. The number of rotatable bonds is 3. The van der Waals surface area contributed by atoms with Crippen molar-refractivity contribution in [3.05, 3.63) is 79.3 Å². The molecule has 1 aromatic heterocycles. The number of hydrogen-bond acceptors (Lipinski definition) is 3. The Labute approximate surface area is 167 Å². The second-order valence-corrected chi connectivity index (χ2v) is 4.59. The van der Waals surface area contributed by atoms with Crippen LogP contribution < -0.4 is 0 Å². The molecule has 0 fully saturated rings. The molecule has 0 aliphatic heterocycles. The largest absolute Gasteiger partial charge is 0.542 e. The first kappa shape index (κ1) is 20.1. The molecule has 0 N–H and O–H groups in total. The monoisotopic (exact) mass is 389 g/mol. The van der Waals surface area contributed by atoms with Crippen molar-refractivity contribution in [2.24, 2.45) is 0 Å². The Kier molecular flexibility index (Phi) is 8.99. The number of hydrogen-bond donors (Lipinski definition) is 0. The third-order valence-electron chi connectivity index (χ3n) is 3.09. The van der Waals surface area contributed by atoms with Gasteiger partial charge in [0.1, 0.15) is 0 Å². The van der Waals surface area contributed by atoms with E-state index in [0.717, 1.165) is 22.4 Å². The van der Waals surface area contributed by atoms with Gasteiger partial charge in [0.25, 0.3) is 0 Å². The Bertz CT molecular complexity index is 774. The Balaban J connectivity index is 0.000000671. The van der Waals surface area contributed by atoms with E-state index >= 15 is 0 Å². The van der Waals surface area contributed by atoms with Crippen LogP contribution in [-0.4, -0.2) is 16.3 Å². The summed E-state index contributed by atoms with van der Waals surface area (Å²) in [6, 6.07) is 20.2. The Morgan fingerprint density at radius 1 is 0.958 bits per heavy atom. The second-order valence-electron chi connectivity index (χ2n) is 4.59. The molecule has 0 saturated heterocycles. The second kappa shape index (κ2) is 10.7. The molecule has 24 heavy (non-hydrogen) atoms. The molecule has 0 aliphatic carbocycles. The summed E-state index contributed by atoms with van der Waals surface area (Å²) < 4.78 is 0. The molecule has 0 atom stereocenters. The fourth-order valence-corrected chi connectivity index (χ4v) is 2.12. The van der Waals surface area contributed by atoms with E-state index < -0.39 is 0 Å². The summed E-state index contributed by atoms with van der Waals surface area (Å²) in [6.45, 7) is 6.85. The molecule has 0 spiro atoms. The van der Waals surface area contributed by atoms with E-state index in [1.54, 1.807) is 0 Å². The zero-order chi connectivity index (χ0) is 16.5. The van der Waals surface area contributed by atoms with E-state index in [-0.39, 0.29) is 32.7 Å². The van der Waals surface area contributed by atoms with E-state index in [4.69, 9.17) is 11.4 Å². The Morgan fingerprint density at radius 3 is 1.96 bits per heavy atom. The molecule has 3 nitrogen and oxygen atoms in total. The van der Waals surface area contributed by atoms with Crippen LogP contribution in [-0.2, 0) is 37.5 Å². The van der Waals surface area contributed by atoms with Crippen LogP contribution in [0.15, 0.2) is 66.9 Å². The van der Waals surface area contributed by atoms with Crippen molar-refractivity contribution in [2.45, 2.75) is 6.92 Å². The van der Waals surface area contributed by atoms with Crippen LogP contribution in [0.2, 0.25) is 0 Å².